The number of fused-ring (bicyclic) bond motifs is 2. The summed E-state index contributed by atoms with van der Waals surface area (Å²) in [6.07, 6.45) is 5.85. The Morgan fingerprint density at radius 2 is 1.90 bits per heavy atom. The summed E-state index contributed by atoms with van der Waals surface area (Å²) in [7, 11) is 6.25. The van der Waals surface area contributed by atoms with E-state index in [2.05, 4.69) is 52.9 Å². The first kappa shape index (κ1) is 18.9. The highest BCUT2D eigenvalue weighted by Gasteiger charge is 2.23. The zero-order chi connectivity index (χ0) is 19.8. The number of piperidine rings is 1. The second-order valence-corrected chi connectivity index (χ2v) is 9.30. The van der Waals surface area contributed by atoms with Gasteiger partial charge in [-0.2, -0.15) is 0 Å². The highest BCUT2D eigenvalue weighted by molar-refractivity contribution is 7.18. The van der Waals surface area contributed by atoms with Crippen LogP contribution in [0.3, 0.4) is 0 Å². The van der Waals surface area contributed by atoms with Gasteiger partial charge in [0.15, 0.2) is 0 Å². The van der Waals surface area contributed by atoms with Crippen molar-refractivity contribution in [2.75, 3.05) is 19.6 Å². The third-order valence-corrected chi connectivity index (χ3v) is 7.45. The number of hydrogen-bond acceptors (Lipinski definition) is 3. The first-order chi connectivity index (χ1) is 14.2. The van der Waals surface area contributed by atoms with Crippen LogP contribution in [0.4, 0.5) is 0 Å². The monoisotopic (exact) mass is 399 g/mol. The maximum Gasteiger partial charge on any atom is 0.116 e. The molecule has 4 aromatic rings. The van der Waals surface area contributed by atoms with Crippen LogP contribution in [0.25, 0.3) is 21.1 Å². The number of benzene rings is 2. The third-order valence-electron chi connectivity index (χ3n) is 6.25. The largest absolute Gasteiger partial charge is 0.348 e. The summed E-state index contributed by atoms with van der Waals surface area (Å²) in [6, 6.07) is 14.7. The molecule has 0 N–H and O–H groups in total. The summed E-state index contributed by atoms with van der Waals surface area (Å²) in [4.78, 5) is 7.50. The summed E-state index contributed by atoms with van der Waals surface area (Å²) >= 11 is 1.88. The molecule has 5 rings (SSSR count). The zero-order valence-corrected chi connectivity index (χ0v) is 17.8. The van der Waals surface area contributed by atoms with Gasteiger partial charge in [-0.05, 0) is 63.5 Å². The average Bonchev–Trinajstić information content (AvgIpc) is 3.31. The maximum atomic E-state index is 6.25. The highest BCUT2D eigenvalue weighted by atomic mass is 32.1. The number of thiazole rings is 1. The summed E-state index contributed by atoms with van der Waals surface area (Å²) in [5.74, 6) is 0.625. The molecule has 0 spiro atoms. The Bertz CT molecular complexity index is 1100. The first-order valence-electron chi connectivity index (χ1n) is 10.6. The van der Waals surface area contributed by atoms with E-state index in [1.807, 2.05) is 23.5 Å². The molecule has 1 aliphatic rings. The first-order valence-corrected chi connectivity index (χ1v) is 11.4. The minimum atomic E-state index is 0.625. The Labute approximate surface area is 177 Å². The maximum absolute atomic E-state index is 6.25. The van der Waals surface area contributed by atoms with Crippen molar-refractivity contribution in [1.29, 1.82) is 0 Å². The van der Waals surface area contributed by atoms with Crippen LogP contribution in [-0.4, -0.2) is 41.9 Å². The van der Waals surface area contributed by atoms with E-state index in [0.717, 1.165) is 30.5 Å². The number of likely N-dealkylation sites (tertiary alicyclic amines) is 1. The quantitative estimate of drug-likeness (QED) is 0.457. The van der Waals surface area contributed by atoms with Gasteiger partial charge in [-0.3, -0.25) is 0 Å². The average molecular weight is 399 g/mol. The van der Waals surface area contributed by atoms with Crippen LogP contribution < -0.4 is 5.46 Å². The molecule has 0 bridgehead atoms. The van der Waals surface area contributed by atoms with Crippen molar-refractivity contribution in [2.24, 2.45) is 0 Å². The van der Waals surface area contributed by atoms with Crippen LogP contribution in [0, 0.1) is 6.92 Å². The molecule has 2 aromatic heterocycles. The van der Waals surface area contributed by atoms with Crippen molar-refractivity contribution in [1.82, 2.24) is 14.5 Å². The van der Waals surface area contributed by atoms with Gasteiger partial charge in [-0.1, -0.05) is 35.8 Å². The van der Waals surface area contributed by atoms with Crippen molar-refractivity contribution in [3.05, 3.63) is 59.2 Å². The van der Waals surface area contributed by atoms with E-state index in [9.17, 15) is 0 Å². The molecule has 146 valence electrons. The normalized spacial score (nSPS) is 16.2. The van der Waals surface area contributed by atoms with Crippen LogP contribution in [0.1, 0.15) is 35.8 Å². The lowest BCUT2D eigenvalue weighted by Crippen LogP contribution is -2.34. The van der Waals surface area contributed by atoms with E-state index in [-0.39, 0.29) is 0 Å². The van der Waals surface area contributed by atoms with E-state index >= 15 is 0 Å². The number of hydrogen-bond donors (Lipinski definition) is 0. The molecular weight excluding hydrogens is 373 g/mol. The van der Waals surface area contributed by atoms with Crippen molar-refractivity contribution in [2.45, 2.75) is 38.6 Å². The predicted molar refractivity (Wildman–Crippen MR) is 125 cm³/mol. The van der Waals surface area contributed by atoms with Crippen LogP contribution >= 0.6 is 11.3 Å². The smallest absolute Gasteiger partial charge is 0.116 e. The number of aromatic nitrogens is 2. The molecule has 0 unspecified atom stereocenters. The van der Waals surface area contributed by atoms with Gasteiger partial charge in [-0.15, -0.1) is 11.3 Å². The fraction of sp³-hybridized carbons (Fsp3) is 0.375. The molecule has 0 saturated carbocycles. The lowest BCUT2D eigenvalue weighted by atomic mass is 9.93. The van der Waals surface area contributed by atoms with E-state index in [1.54, 1.807) is 0 Å². The molecule has 29 heavy (non-hydrogen) atoms. The van der Waals surface area contributed by atoms with Gasteiger partial charge in [0.1, 0.15) is 7.85 Å². The molecule has 1 fully saturated rings. The van der Waals surface area contributed by atoms with Gasteiger partial charge >= 0.3 is 0 Å². The molecule has 3 nitrogen and oxygen atoms in total. The number of rotatable bonds is 5. The molecule has 0 atom stereocenters. The van der Waals surface area contributed by atoms with E-state index in [4.69, 9.17) is 12.8 Å². The molecule has 3 heterocycles. The fourth-order valence-corrected chi connectivity index (χ4v) is 5.81. The number of aryl methyl sites for hydroxylation is 2. The van der Waals surface area contributed by atoms with Gasteiger partial charge < -0.3 is 9.47 Å². The van der Waals surface area contributed by atoms with Gasteiger partial charge in [0.2, 0.25) is 0 Å². The SMILES string of the molecule is [B]c1cccc2c(C)cn(CCCN3CCC(c4nc5ccccc5s4)CC3)c12. The highest BCUT2D eigenvalue weighted by Crippen LogP contribution is 2.33. The summed E-state index contributed by atoms with van der Waals surface area (Å²) < 4.78 is 3.66. The van der Waals surface area contributed by atoms with Crippen molar-refractivity contribution < 1.29 is 0 Å². The minimum absolute atomic E-state index is 0.625. The number of nitrogens with zero attached hydrogens (tertiary/aromatic N) is 3. The summed E-state index contributed by atoms with van der Waals surface area (Å²) in [6.45, 7) is 6.70. The fourth-order valence-electron chi connectivity index (χ4n) is 4.68. The molecule has 1 saturated heterocycles. The Balaban J connectivity index is 1.17. The van der Waals surface area contributed by atoms with E-state index < -0.39 is 0 Å². The zero-order valence-electron chi connectivity index (χ0n) is 17.0. The Hall–Kier alpha value is -2.11. The van der Waals surface area contributed by atoms with E-state index in [1.165, 1.54) is 52.1 Å². The van der Waals surface area contributed by atoms with Gasteiger partial charge in [0.05, 0.1) is 15.2 Å². The van der Waals surface area contributed by atoms with Gasteiger partial charge in [-0.25, -0.2) is 4.98 Å². The molecule has 1 aliphatic heterocycles. The van der Waals surface area contributed by atoms with Crippen LogP contribution in [-0.2, 0) is 6.54 Å². The number of para-hydroxylation sites is 2. The van der Waals surface area contributed by atoms with Crippen LogP contribution in [0.5, 0.6) is 0 Å². The lowest BCUT2D eigenvalue weighted by molar-refractivity contribution is 0.207. The van der Waals surface area contributed by atoms with Crippen molar-refractivity contribution >= 4 is 45.8 Å². The van der Waals surface area contributed by atoms with Crippen LogP contribution in [0.2, 0.25) is 0 Å². The Kier molecular flexibility index (Phi) is 5.19. The molecule has 5 heteroatoms. The van der Waals surface area contributed by atoms with Gasteiger partial charge in [0, 0.05) is 29.6 Å². The predicted octanol–water partition coefficient (Wildman–Crippen LogP) is 4.62. The Morgan fingerprint density at radius 1 is 1.07 bits per heavy atom. The van der Waals surface area contributed by atoms with Crippen molar-refractivity contribution in [3.8, 4) is 0 Å². The topological polar surface area (TPSA) is 21.1 Å². The molecular formula is C24H26BN3S. The second kappa shape index (κ2) is 7.96. The van der Waals surface area contributed by atoms with Crippen molar-refractivity contribution in [3.63, 3.8) is 0 Å². The third kappa shape index (κ3) is 3.74. The van der Waals surface area contributed by atoms with E-state index in [0.29, 0.717) is 5.92 Å². The second-order valence-electron chi connectivity index (χ2n) is 8.24. The minimum Gasteiger partial charge on any atom is -0.348 e. The van der Waals surface area contributed by atoms with Gasteiger partial charge in [0.25, 0.3) is 0 Å². The molecule has 2 aromatic carbocycles. The summed E-state index contributed by atoms with van der Waals surface area (Å²) in [5.41, 5.74) is 4.54. The lowest BCUT2D eigenvalue weighted by Gasteiger charge is -2.31. The molecule has 0 amide bonds. The summed E-state index contributed by atoms with van der Waals surface area (Å²) in [5, 5.41) is 2.61. The molecule has 0 aliphatic carbocycles. The standard InChI is InChI=1S/C24H26BN3S/c1-17-16-28(23-19(17)6-4-7-20(23)25)13-5-12-27-14-10-18(11-15-27)24-26-21-8-2-3-9-22(21)29-24/h2-4,6-9,16,18H,5,10-15H2,1H3. The molecule has 2 radical (unpaired) electrons. The van der Waals surface area contributed by atoms with Crippen LogP contribution in [0.15, 0.2) is 48.7 Å². The Morgan fingerprint density at radius 3 is 2.72 bits per heavy atom.